The minimum absolute atomic E-state index is 0.0643. The van der Waals surface area contributed by atoms with Crippen molar-refractivity contribution in [2.75, 3.05) is 0 Å². The van der Waals surface area contributed by atoms with Crippen molar-refractivity contribution in [1.29, 1.82) is 0 Å². The first-order valence-electron chi connectivity index (χ1n) is 3.82. The quantitative estimate of drug-likeness (QED) is 0.666. The lowest BCUT2D eigenvalue weighted by Crippen LogP contribution is -1.94. The van der Waals surface area contributed by atoms with E-state index in [-0.39, 0.29) is 10.1 Å². The van der Waals surface area contributed by atoms with Crippen molar-refractivity contribution in [1.82, 2.24) is 0 Å². The normalized spacial score (nSPS) is 10.9. The Hall–Kier alpha value is -0.640. The highest BCUT2D eigenvalue weighted by atomic mass is 32.2. The fraction of sp³-hybridized carbons (Fsp3) is 0.333. The second kappa shape index (κ2) is 4.05. The van der Waals surface area contributed by atoms with Gasteiger partial charge in [-0.1, -0.05) is 13.8 Å². The molecule has 72 valence electrons. The van der Waals surface area contributed by atoms with Gasteiger partial charge in [0.25, 0.3) is 0 Å². The molecule has 0 nitrogen and oxygen atoms in total. The van der Waals surface area contributed by atoms with E-state index in [0.29, 0.717) is 12.1 Å². The van der Waals surface area contributed by atoms with Crippen LogP contribution in [0.3, 0.4) is 0 Å². The van der Waals surface area contributed by atoms with Gasteiger partial charge in [-0.15, -0.1) is 11.8 Å². The number of rotatable bonds is 2. The molecule has 0 bridgehead atoms. The third kappa shape index (κ3) is 2.66. The van der Waals surface area contributed by atoms with E-state index in [2.05, 4.69) is 0 Å². The van der Waals surface area contributed by atoms with E-state index in [1.165, 1.54) is 0 Å². The SMILES string of the molecule is CC(C)Sc1c(F)cc(F)cc1F. The van der Waals surface area contributed by atoms with Crippen LogP contribution in [0.4, 0.5) is 13.2 Å². The summed E-state index contributed by atoms with van der Waals surface area (Å²) in [5, 5.41) is 0.0643. The maximum Gasteiger partial charge on any atom is 0.142 e. The molecule has 4 heteroatoms. The second-order valence-electron chi connectivity index (χ2n) is 2.87. The highest BCUT2D eigenvalue weighted by molar-refractivity contribution is 7.99. The molecule has 0 N–H and O–H groups in total. The van der Waals surface area contributed by atoms with Gasteiger partial charge in [0.05, 0.1) is 4.90 Å². The van der Waals surface area contributed by atoms with Crippen LogP contribution in [0, 0.1) is 17.5 Å². The summed E-state index contributed by atoms with van der Waals surface area (Å²) in [6.45, 7) is 3.62. The number of halogens is 3. The summed E-state index contributed by atoms with van der Waals surface area (Å²) in [5.41, 5.74) is 0. The summed E-state index contributed by atoms with van der Waals surface area (Å²) in [4.78, 5) is -0.114. The van der Waals surface area contributed by atoms with Crippen LogP contribution >= 0.6 is 11.8 Å². The lowest BCUT2D eigenvalue weighted by atomic mass is 10.3. The Morgan fingerprint density at radius 3 is 1.92 bits per heavy atom. The molecule has 13 heavy (non-hydrogen) atoms. The standard InChI is InChI=1S/C9H9F3S/c1-5(2)13-9-7(11)3-6(10)4-8(9)12/h3-5H,1-2H3. The predicted octanol–water partition coefficient (Wildman–Crippen LogP) is 3.60. The molecule has 0 saturated carbocycles. The van der Waals surface area contributed by atoms with Gasteiger partial charge in [-0.2, -0.15) is 0 Å². The van der Waals surface area contributed by atoms with E-state index in [4.69, 9.17) is 0 Å². The highest BCUT2D eigenvalue weighted by Crippen LogP contribution is 2.28. The van der Waals surface area contributed by atoms with Crippen molar-refractivity contribution < 1.29 is 13.2 Å². The molecule has 0 aliphatic heterocycles. The topological polar surface area (TPSA) is 0 Å². The number of hydrogen-bond donors (Lipinski definition) is 0. The fourth-order valence-corrected chi connectivity index (χ4v) is 1.69. The number of benzene rings is 1. The van der Waals surface area contributed by atoms with E-state index in [0.717, 1.165) is 11.8 Å². The van der Waals surface area contributed by atoms with Crippen LogP contribution in [-0.4, -0.2) is 5.25 Å². The third-order valence-corrected chi connectivity index (χ3v) is 2.41. The molecule has 0 heterocycles. The van der Waals surface area contributed by atoms with Crippen LogP contribution < -0.4 is 0 Å². The molecule has 0 aliphatic rings. The second-order valence-corrected chi connectivity index (χ2v) is 4.45. The average Bonchev–Trinajstić information content (AvgIpc) is 1.96. The Labute approximate surface area is 79.1 Å². The van der Waals surface area contributed by atoms with Crippen molar-refractivity contribution in [2.24, 2.45) is 0 Å². The molecule has 0 amide bonds. The summed E-state index contributed by atoms with van der Waals surface area (Å²) in [6.07, 6.45) is 0. The Kier molecular flexibility index (Phi) is 3.25. The molecule has 0 aromatic heterocycles. The van der Waals surface area contributed by atoms with Gasteiger partial charge < -0.3 is 0 Å². The van der Waals surface area contributed by atoms with Crippen LogP contribution in [-0.2, 0) is 0 Å². The Morgan fingerprint density at radius 1 is 1.08 bits per heavy atom. The van der Waals surface area contributed by atoms with Crippen LogP contribution in [0.25, 0.3) is 0 Å². The summed E-state index contributed by atoms with van der Waals surface area (Å²) in [5.74, 6) is -2.56. The molecule has 0 aliphatic carbocycles. The summed E-state index contributed by atoms with van der Waals surface area (Å²) in [6, 6.07) is 1.38. The Balaban J connectivity index is 3.06. The molecule has 0 unspecified atom stereocenters. The van der Waals surface area contributed by atoms with Crippen molar-refractivity contribution in [3.8, 4) is 0 Å². The van der Waals surface area contributed by atoms with E-state index in [9.17, 15) is 13.2 Å². The number of thioether (sulfide) groups is 1. The van der Waals surface area contributed by atoms with Crippen molar-refractivity contribution in [3.63, 3.8) is 0 Å². The van der Waals surface area contributed by atoms with E-state index in [1.807, 2.05) is 13.8 Å². The zero-order valence-electron chi connectivity index (χ0n) is 7.27. The molecule has 1 rings (SSSR count). The predicted molar refractivity (Wildman–Crippen MR) is 47.3 cm³/mol. The van der Waals surface area contributed by atoms with Crippen LogP contribution in [0.2, 0.25) is 0 Å². The lowest BCUT2D eigenvalue weighted by Gasteiger charge is -2.06. The number of hydrogen-bond acceptors (Lipinski definition) is 1. The molecular weight excluding hydrogens is 197 g/mol. The molecular formula is C9H9F3S. The van der Waals surface area contributed by atoms with Gasteiger partial charge in [-0.3, -0.25) is 0 Å². The summed E-state index contributed by atoms with van der Waals surface area (Å²) < 4.78 is 38.4. The largest absolute Gasteiger partial charge is 0.207 e. The Bertz CT molecular complexity index is 287. The highest BCUT2D eigenvalue weighted by Gasteiger charge is 2.12. The fourth-order valence-electron chi connectivity index (χ4n) is 0.877. The first kappa shape index (κ1) is 10.4. The third-order valence-electron chi connectivity index (χ3n) is 1.32. The molecule has 0 atom stereocenters. The lowest BCUT2D eigenvalue weighted by molar-refractivity contribution is 0.510. The van der Waals surface area contributed by atoms with Crippen molar-refractivity contribution in [2.45, 2.75) is 24.0 Å². The van der Waals surface area contributed by atoms with Crippen molar-refractivity contribution in [3.05, 3.63) is 29.6 Å². The van der Waals surface area contributed by atoms with Gasteiger partial charge >= 0.3 is 0 Å². The maximum absolute atomic E-state index is 13.0. The van der Waals surface area contributed by atoms with Gasteiger partial charge in [0.1, 0.15) is 17.5 Å². The van der Waals surface area contributed by atoms with Crippen LogP contribution in [0.5, 0.6) is 0 Å². The molecule has 1 aromatic carbocycles. The molecule has 0 spiro atoms. The molecule has 1 aromatic rings. The first-order valence-corrected chi connectivity index (χ1v) is 4.70. The van der Waals surface area contributed by atoms with Gasteiger partial charge in [0.2, 0.25) is 0 Å². The van der Waals surface area contributed by atoms with Crippen molar-refractivity contribution >= 4 is 11.8 Å². The van der Waals surface area contributed by atoms with E-state index in [1.54, 1.807) is 0 Å². The zero-order valence-corrected chi connectivity index (χ0v) is 8.09. The van der Waals surface area contributed by atoms with Gasteiger partial charge in [0.15, 0.2) is 0 Å². The minimum atomic E-state index is -0.886. The minimum Gasteiger partial charge on any atom is -0.207 e. The van der Waals surface area contributed by atoms with Gasteiger partial charge in [0, 0.05) is 17.4 Å². The molecule has 0 saturated heterocycles. The van der Waals surface area contributed by atoms with Gasteiger partial charge in [-0.25, -0.2) is 13.2 Å². The summed E-state index contributed by atoms with van der Waals surface area (Å²) in [7, 11) is 0. The smallest absolute Gasteiger partial charge is 0.142 e. The zero-order chi connectivity index (χ0) is 10.0. The summed E-state index contributed by atoms with van der Waals surface area (Å²) >= 11 is 1.04. The van der Waals surface area contributed by atoms with Gasteiger partial charge in [-0.05, 0) is 0 Å². The maximum atomic E-state index is 13.0. The average molecular weight is 206 g/mol. The van der Waals surface area contributed by atoms with Crippen LogP contribution in [0.1, 0.15) is 13.8 Å². The Morgan fingerprint density at radius 2 is 1.54 bits per heavy atom. The first-order chi connectivity index (χ1) is 6.00. The van der Waals surface area contributed by atoms with E-state index < -0.39 is 17.5 Å². The molecule has 0 fully saturated rings. The van der Waals surface area contributed by atoms with E-state index >= 15 is 0 Å². The monoisotopic (exact) mass is 206 g/mol. The molecule has 0 radical (unpaired) electrons. The van der Waals surface area contributed by atoms with Crippen LogP contribution in [0.15, 0.2) is 17.0 Å².